The number of halogens is 2. The third-order valence-electron chi connectivity index (χ3n) is 2.45. The van der Waals surface area contributed by atoms with E-state index in [1.807, 2.05) is 26.0 Å². The van der Waals surface area contributed by atoms with Crippen molar-refractivity contribution in [3.05, 3.63) is 23.3 Å². The van der Waals surface area contributed by atoms with E-state index in [-0.39, 0.29) is 24.8 Å². The van der Waals surface area contributed by atoms with Crippen LogP contribution in [0.25, 0.3) is 0 Å². The number of benzene rings is 1. The number of hydrogen-bond acceptors (Lipinski definition) is 2. The zero-order chi connectivity index (χ0) is 10.8. The van der Waals surface area contributed by atoms with E-state index in [0.717, 1.165) is 41.6 Å². The molecular formula is C11H18Cl2N4. The molecule has 1 aliphatic heterocycles. The predicted molar refractivity (Wildman–Crippen MR) is 77.9 cm³/mol. The average Bonchev–Trinajstić information content (AvgIpc) is 2.63. The van der Waals surface area contributed by atoms with Crippen LogP contribution in [0.1, 0.15) is 11.1 Å². The van der Waals surface area contributed by atoms with Crippen LogP contribution in [-0.2, 0) is 0 Å². The molecule has 1 saturated heterocycles. The second-order valence-corrected chi connectivity index (χ2v) is 3.82. The van der Waals surface area contributed by atoms with Crippen molar-refractivity contribution < 1.29 is 0 Å². The van der Waals surface area contributed by atoms with Crippen LogP contribution >= 0.6 is 24.8 Å². The van der Waals surface area contributed by atoms with E-state index in [1.54, 1.807) is 0 Å². The SMILES string of the molecule is Cc1cc(N)cc(C)c1N=C1NCCN1.Cl.Cl. The van der Waals surface area contributed by atoms with Crippen LogP contribution in [0.15, 0.2) is 17.1 Å². The van der Waals surface area contributed by atoms with Crippen LogP contribution in [-0.4, -0.2) is 19.0 Å². The first-order valence-electron chi connectivity index (χ1n) is 5.10. The van der Waals surface area contributed by atoms with E-state index in [1.165, 1.54) is 0 Å². The lowest BCUT2D eigenvalue weighted by molar-refractivity contribution is 0.942. The van der Waals surface area contributed by atoms with Gasteiger partial charge in [0.2, 0.25) is 0 Å². The highest BCUT2D eigenvalue weighted by Gasteiger charge is 2.08. The maximum atomic E-state index is 5.76. The fourth-order valence-electron chi connectivity index (χ4n) is 1.78. The van der Waals surface area contributed by atoms with Crippen molar-refractivity contribution in [1.29, 1.82) is 0 Å². The zero-order valence-corrected chi connectivity index (χ0v) is 11.5. The van der Waals surface area contributed by atoms with Gasteiger partial charge in [-0.3, -0.25) is 0 Å². The molecule has 4 N–H and O–H groups in total. The Morgan fingerprint density at radius 2 is 1.53 bits per heavy atom. The van der Waals surface area contributed by atoms with E-state index in [4.69, 9.17) is 5.73 Å². The van der Waals surface area contributed by atoms with Gasteiger partial charge in [0.1, 0.15) is 0 Å². The number of nitrogens with two attached hydrogens (primary N) is 1. The number of nitrogen functional groups attached to an aromatic ring is 1. The molecule has 0 atom stereocenters. The maximum Gasteiger partial charge on any atom is 0.196 e. The van der Waals surface area contributed by atoms with Gasteiger partial charge >= 0.3 is 0 Å². The molecule has 0 aromatic heterocycles. The zero-order valence-electron chi connectivity index (χ0n) is 9.91. The van der Waals surface area contributed by atoms with Crippen LogP contribution in [0, 0.1) is 13.8 Å². The molecule has 1 aromatic rings. The minimum Gasteiger partial charge on any atom is -0.399 e. The molecule has 1 aromatic carbocycles. The Labute approximate surface area is 114 Å². The molecule has 0 aliphatic carbocycles. The molecule has 1 heterocycles. The minimum atomic E-state index is 0. The summed E-state index contributed by atoms with van der Waals surface area (Å²) in [6, 6.07) is 3.89. The van der Waals surface area contributed by atoms with Gasteiger partial charge in [-0.15, -0.1) is 24.8 Å². The van der Waals surface area contributed by atoms with Crippen LogP contribution in [0.5, 0.6) is 0 Å². The molecule has 17 heavy (non-hydrogen) atoms. The van der Waals surface area contributed by atoms with E-state index in [2.05, 4.69) is 15.6 Å². The summed E-state index contributed by atoms with van der Waals surface area (Å²) < 4.78 is 0. The van der Waals surface area contributed by atoms with Crippen molar-refractivity contribution in [2.75, 3.05) is 18.8 Å². The minimum absolute atomic E-state index is 0. The van der Waals surface area contributed by atoms with Gasteiger partial charge in [0.05, 0.1) is 5.69 Å². The molecule has 0 bridgehead atoms. The Bertz CT molecular complexity index is 387. The highest BCUT2D eigenvalue weighted by molar-refractivity contribution is 5.86. The molecule has 0 saturated carbocycles. The molecule has 1 aliphatic rings. The molecule has 96 valence electrons. The van der Waals surface area contributed by atoms with Crippen LogP contribution in [0.4, 0.5) is 11.4 Å². The number of rotatable bonds is 1. The third-order valence-corrected chi connectivity index (χ3v) is 2.45. The number of nitrogens with zero attached hydrogens (tertiary/aromatic N) is 1. The van der Waals surface area contributed by atoms with Crippen molar-refractivity contribution >= 4 is 42.1 Å². The Hall–Kier alpha value is -1.13. The van der Waals surface area contributed by atoms with E-state index < -0.39 is 0 Å². The van der Waals surface area contributed by atoms with Crippen LogP contribution in [0.2, 0.25) is 0 Å². The first-order chi connectivity index (χ1) is 7.16. The lowest BCUT2D eigenvalue weighted by Crippen LogP contribution is -2.23. The van der Waals surface area contributed by atoms with Gasteiger partial charge in [0.25, 0.3) is 0 Å². The molecular weight excluding hydrogens is 259 g/mol. The Balaban J connectivity index is 0.00000128. The normalized spacial score (nSPS) is 12.9. The molecule has 0 radical (unpaired) electrons. The summed E-state index contributed by atoms with van der Waals surface area (Å²) in [5, 5.41) is 6.36. The van der Waals surface area contributed by atoms with Crippen LogP contribution < -0.4 is 16.4 Å². The monoisotopic (exact) mass is 276 g/mol. The topological polar surface area (TPSA) is 62.4 Å². The second kappa shape index (κ2) is 6.57. The predicted octanol–water partition coefficient (Wildman–Crippen LogP) is 1.91. The third kappa shape index (κ3) is 3.68. The molecule has 0 unspecified atom stereocenters. The van der Waals surface area contributed by atoms with Crippen molar-refractivity contribution in [1.82, 2.24) is 10.6 Å². The quantitative estimate of drug-likeness (QED) is 0.687. The first-order valence-corrected chi connectivity index (χ1v) is 5.10. The molecule has 6 heteroatoms. The van der Waals surface area contributed by atoms with Crippen molar-refractivity contribution in [2.45, 2.75) is 13.8 Å². The number of nitrogens with one attached hydrogen (secondary N) is 2. The van der Waals surface area contributed by atoms with Gasteiger partial charge in [0.15, 0.2) is 5.96 Å². The Kier molecular flexibility index (Phi) is 6.13. The maximum absolute atomic E-state index is 5.76. The summed E-state index contributed by atoms with van der Waals surface area (Å²) in [4.78, 5) is 4.54. The number of guanidine groups is 1. The van der Waals surface area contributed by atoms with E-state index in [9.17, 15) is 0 Å². The summed E-state index contributed by atoms with van der Waals surface area (Å²) in [6.45, 7) is 5.92. The fraction of sp³-hybridized carbons (Fsp3) is 0.364. The fourth-order valence-corrected chi connectivity index (χ4v) is 1.78. The molecule has 2 rings (SSSR count). The van der Waals surface area contributed by atoms with Gasteiger partial charge in [0, 0.05) is 18.8 Å². The summed E-state index contributed by atoms with van der Waals surface area (Å²) in [5.41, 5.74) is 9.76. The highest BCUT2D eigenvalue weighted by Crippen LogP contribution is 2.26. The summed E-state index contributed by atoms with van der Waals surface area (Å²) in [5.74, 6) is 0.853. The summed E-state index contributed by atoms with van der Waals surface area (Å²) in [6.07, 6.45) is 0. The lowest BCUT2D eigenvalue weighted by Gasteiger charge is -2.07. The smallest absolute Gasteiger partial charge is 0.196 e. The first kappa shape index (κ1) is 15.9. The number of anilines is 1. The molecule has 4 nitrogen and oxygen atoms in total. The van der Waals surface area contributed by atoms with Crippen LogP contribution in [0.3, 0.4) is 0 Å². The standard InChI is InChI=1S/C11H16N4.2ClH/c1-7-5-9(12)6-8(2)10(7)15-11-13-3-4-14-11;;/h5-6H,3-4,12H2,1-2H3,(H2,13,14,15);2*1H. The molecule has 0 amide bonds. The second-order valence-electron chi connectivity index (χ2n) is 3.82. The van der Waals surface area contributed by atoms with E-state index in [0.29, 0.717) is 0 Å². The highest BCUT2D eigenvalue weighted by atomic mass is 35.5. The van der Waals surface area contributed by atoms with Gasteiger partial charge in [-0.25, -0.2) is 4.99 Å². The lowest BCUT2D eigenvalue weighted by atomic mass is 10.1. The molecule has 1 fully saturated rings. The number of aliphatic imine (C=N–C) groups is 1. The Morgan fingerprint density at radius 1 is 1.06 bits per heavy atom. The van der Waals surface area contributed by atoms with Gasteiger partial charge in [-0.05, 0) is 37.1 Å². The largest absolute Gasteiger partial charge is 0.399 e. The van der Waals surface area contributed by atoms with Crippen molar-refractivity contribution in [2.24, 2.45) is 4.99 Å². The van der Waals surface area contributed by atoms with Gasteiger partial charge in [-0.1, -0.05) is 0 Å². The number of hydrogen-bond donors (Lipinski definition) is 3. The number of aryl methyl sites for hydroxylation is 2. The van der Waals surface area contributed by atoms with Crippen molar-refractivity contribution in [3.63, 3.8) is 0 Å². The van der Waals surface area contributed by atoms with E-state index >= 15 is 0 Å². The summed E-state index contributed by atoms with van der Waals surface area (Å²) in [7, 11) is 0. The van der Waals surface area contributed by atoms with Gasteiger partial charge < -0.3 is 16.4 Å². The Morgan fingerprint density at radius 3 is 2.00 bits per heavy atom. The van der Waals surface area contributed by atoms with Crippen molar-refractivity contribution in [3.8, 4) is 0 Å². The summed E-state index contributed by atoms with van der Waals surface area (Å²) >= 11 is 0. The van der Waals surface area contributed by atoms with Gasteiger partial charge in [-0.2, -0.15) is 0 Å². The average molecular weight is 277 g/mol. The molecule has 0 spiro atoms.